The molecule has 0 aliphatic heterocycles. The first-order chi connectivity index (χ1) is 11.7. The highest BCUT2D eigenvalue weighted by atomic mass is 16.5. The van der Waals surface area contributed by atoms with Gasteiger partial charge in [-0.05, 0) is 43.4 Å². The van der Waals surface area contributed by atoms with Gasteiger partial charge in [-0.15, -0.1) is 0 Å². The van der Waals surface area contributed by atoms with Crippen molar-refractivity contribution in [3.05, 3.63) is 65.2 Å². The Bertz CT molecular complexity index is 720. The second kappa shape index (κ2) is 7.30. The van der Waals surface area contributed by atoms with Crippen molar-refractivity contribution in [2.45, 2.75) is 25.8 Å². The van der Waals surface area contributed by atoms with Crippen LogP contribution in [-0.4, -0.2) is 18.8 Å². The van der Waals surface area contributed by atoms with Gasteiger partial charge in [-0.25, -0.2) is 0 Å². The zero-order chi connectivity index (χ0) is 16.9. The van der Waals surface area contributed by atoms with Gasteiger partial charge in [-0.2, -0.15) is 0 Å². The van der Waals surface area contributed by atoms with E-state index in [9.17, 15) is 9.59 Å². The molecule has 1 N–H and O–H groups in total. The van der Waals surface area contributed by atoms with Crippen molar-refractivity contribution in [2.75, 3.05) is 6.61 Å². The molecule has 1 fully saturated rings. The van der Waals surface area contributed by atoms with Gasteiger partial charge in [0, 0.05) is 0 Å². The van der Waals surface area contributed by atoms with Crippen LogP contribution < -0.4 is 10.1 Å². The van der Waals surface area contributed by atoms with E-state index in [-0.39, 0.29) is 18.6 Å². The third-order valence-electron chi connectivity index (χ3n) is 4.25. The first-order valence-corrected chi connectivity index (χ1v) is 8.20. The summed E-state index contributed by atoms with van der Waals surface area (Å²) in [5, 5.41) is 3.07. The molecule has 1 aliphatic carbocycles. The number of hydrogen-bond acceptors (Lipinski definition) is 3. The summed E-state index contributed by atoms with van der Waals surface area (Å²) >= 11 is 0. The number of amides is 1. The summed E-state index contributed by atoms with van der Waals surface area (Å²) < 4.78 is 5.50. The van der Waals surface area contributed by atoms with E-state index in [0.29, 0.717) is 17.2 Å². The average molecular weight is 323 g/mol. The van der Waals surface area contributed by atoms with Crippen molar-refractivity contribution in [2.24, 2.45) is 5.92 Å². The van der Waals surface area contributed by atoms with Crippen LogP contribution >= 0.6 is 0 Å². The minimum atomic E-state index is -0.173. The molecule has 0 saturated heterocycles. The molecule has 4 heteroatoms. The smallest absolute Gasteiger partial charge is 0.258 e. The van der Waals surface area contributed by atoms with E-state index in [4.69, 9.17) is 4.74 Å². The summed E-state index contributed by atoms with van der Waals surface area (Å²) in [5.74, 6) is 0.757. The van der Waals surface area contributed by atoms with Crippen LogP contribution in [0, 0.1) is 12.8 Å². The van der Waals surface area contributed by atoms with Crippen LogP contribution in [0.3, 0.4) is 0 Å². The number of aldehydes is 1. The van der Waals surface area contributed by atoms with Gasteiger partial charge in [0.1, 0.15) is 5.75 Å². The van der Waals surface area contributed by atoms with E-state index in [2.05, 4.69) is 29.6 Å². The highest BCUT2D eigenvalue weighted by molar-refractivity contribution is 5.81. The molecule has 0 aromatic heterocycles. The standard InChI is InChI=1S/C20H21NO3/c1-14-6-8-15(9-7-14)20(16-10-11-16)21-19(23)13-24-18-5-3-2-4-17(18)12-22/h2-9,12,16,20H,10-11,13H2,1H3,(H,21,23). The summed E-state index contributed by atoms with van der Waals surface area (Å²) in [7, 11) is 0. The van der Waals surface area contributed by atoms with Gasteiger partial charge in [0.2, 0.25) is 0 Å². The summed E-state index contributed by atoms with van der Waals surface area (Å²) in [6, 6.07) is 15.2. The van der Waals surface area contributed by atoms with Crippen molar-refractivity contribution in [3.8, 4) is 5.75 Å². The quantitative estimate of drug-likeness (QED) is 0.794. The fraction of sp³-hybridized carbons (Fsp3) is 0.300. The molecule has 0 radical (unpaired) electrons. The molecule has 1 saturated carbocycles. The van der Waals surface area contributed by atoms with Gasteiger partial charge in [-0.1, -0.05) is 42.0 Å². The number of rotatable bonds is 7. The first-order valence-electron chi connectivity index (χ1n) is 8.20. The lowest BCUT2D eigenvalue weighted by Gasteiger charge is -2.19. The number of carbonyl (C=O) groups is 2. The second-order valence-electron chi connectivity index (χ2n) is 6.24. The number of ether oxygens (including phenoxy) is 1. The van der Waals surface area contributed by atoms with Gasteiger partial charge in [-0.3, -0.25) is 9.59 Å². The maximum absolute atomic E-state index is 12.3. The van der Waals surface area contributed by atoms with Crippen molar-refractivity contribution in [1.82, 2.24) is 5.32 Å². The molecule has 1 amide bonds. The summed E-state index contributed by atoms with van der Waals surface area (Å²) in [6.45, 7) is 1.95. The number of nitrogens with one attached hydrogen (secondary N) is 1. The van der Waals surface area contributed by atoms with Crippen molar-refractivity contribution < 1.29 is 14.3 Å². The van der Waals surface area contributed by atoms with E-state index >= 15 is 0 Å². The van der Waals surface area contributed by atoms with Crippen molar-refractivity contribution in [1.29, 1.82) is 0 Å². The van der Waals surface area contributed by atoms with Gasteiger partial charge in [0.15, 0.2) is 12.9 Å². The zero-order valence-electron chi connectivity index (χ0n) is 13.7. The summed E-state index contributed by atoms with van der Waals surface area (Å²) in [5.41, 5.74) is 2.78. The van der Waals surface area contributed by atoms with Crippen LogP contribution in [0.2, 0.25) is 0 Å². The topological polar surface area (TPSA) is 55.4 Å². The van der Waals surface area contributed by atoms with Crippen LogP contribution in [0.15, 0.2) is 48.5 Å². The number of aryl methyl sites for hydroxylation is 1. The van der Waals surface area contributed by atoms with Crippen molar-refractivity contribution >= 4 is 12.2 Å². The number of carbonyl (C=O) groups excluding carboxylic acids is 2. The van der Waals surface area contributed by atoms with Gasteiger partial charge >= 0.3 is 0 Å². The molecule has 0 bridgehead atoms. The minimum Gasteiger partial charge on any atom is -0.483 e. The summed E-state index contributed by atoms with van der Waals surface area (Å²) in [6.07, 6.45) is 2.99. The molecule has 2 aromatic rings. The molecular weight excluding hydrogens is 302 g/mol. The Kier molecular flexibility index (Phi) is 4.94. The Hall–Kier alpha value is -2.62. The number of benzene rings is 2. The first kappa shape index (κ1) is 16.2. The Morgan fingerprint density at radius 2 is 1.92 bits per heavy atom. The molecule has 4 nitrogen and oxygen atoms in total. The van der Waals surface area contributed by atoms with Crippen LogP contribution in [-0.2, 0) is 4.79 Å². The molecule has 3 rings (SSSR count). The molecule has 1 unspecified atom stereocenters. The van der Waals surface area contributed by atoms with E-state index in [1.54, 1.807) is 24.3 Å². The molecular formula is C20H21NO3. The number of hydrogen-bond donors (Lipinski definition) is 1. The predicted molar refractivity (Wildman–Crippen MR) is 92.1 cm³/mol. The Morgan fingerprint density at radius 3 is 2.58 bits per heavy atom. The van der Waals surface area contributed by atoms with Gasteiger partial charge < -0.3 is 10.1 Å². The normalized spacial score (nSPS) is 14.7. The highest BCUT2D eigenvalue weighted by Gasteiger charge is 2.33. The van der Waals surface area contributed by atoms with E-state index in [1.165, 1.54) is 5.56 Å². The zero-order valence-corrected chi connectivity index (χ0v) is 13.7. The molecule has 2 aromatic carbocycles. The third-order valence-corrected chi connectivity index (χ3v) is 4.25. The second-order valence-corrected chi connectivity index (χ2v) is 6.24. The Balaban J connectivity index is 1.62. The van der Waals surface area contributed by atoms with Crippen LogP contribution in [0.25, 0.3) is 0 Å². The monoisotopic (exact) mass is 323 g/mol. The average Bonchev–Trinajstić information content (AvgIpc) is 3.44. The molecule has 0 spiro atoms. The van der Waals surface area contributed by atoms with E-state index in [1.807, 2.05) is 6.92 Å². The Morgan fingerprint density at radius 1 is 1.21 bits per heavy atom. The predicted octanol–water partition coefficient (Wildman–Crippen LogP) is 3.45. The lowest BCUT2D eigenvalue weighted by Crippen LogP contribution is -2.33. The number of para-hydroxylation sites is 1. The SMILES string of the molecule is Cc1ccc(C(NC(=O)COc2ccccc2C=O)C2CC2)cc1. The van der Waals surface area contributed by atoms with Crippen LogP contribution in [0.4, 0.5) is 0 Å². The lowest BCUT2D eigenvalue weighted by molar-refractivity contribution is -0.124. The highest BCUT2D eigenvalue weighted by Crippen LogP contribution is 2.41. The Labute approximate surface area is 141 Å². The minimum absolute atomic E-state index is 0.0306. The molecule has 1 aliphatic rings. The molecule has 0 heterocycles. The third kappa shape index (κ3) is 4.02. The maximum Gasteiger partial charge on any atom is 0.258 e. The van der Waals surface area contributed by atoms with Crippen molar-refractivity contribution in [3.63, 3.8) is 0 Å². The van der Waals surface area contributed by atoms with Crippen LogP contribution in [0.1, 0.15) is 40.4 Å². The molecule has 124 valence electrons. The van der Waals surface area contributed by atoms with E-state index in [0.717, 1.165) is 24.7 Å². The fourth-order valence-corrected chi connectivity index (χ4v) is 2.74. The molecule has 24 heavy (non-hydrogen) atoms. The largest absolute Gasteiger partial charge is 0.483 e. The van der Waals surface area contributed by atoms with Gasteiger partial charge in [0.25, 0.3) is 5.91 Å². The fourth-order valence-electron chi connectivity index (χ4n) is 2.74. The summed E-state index contributed by atoms with van der Waals surface area (Å²) in [4.78, 5) is 23.3. The molecule has 1 atom stereocenters. The van der Waals surface area contributed by atoms with Crippen LogP contribution in [0.5, 0.6) is 5.75 Å². The maximum atomic E-state index is 12.3. The van der Waals surface area contributed by atoms with E-state index < -0.39 is 0 Å². The lowest BCUT2D eigenvalue weighted by atomic mass is 10.0. The van der Waals surface area contributed by atoms with Gasteiger partial charge in [0.05, 0.1) is 11.6 Å².